The summed E-state index contributed by atoms with van der Waals surface area (Å²) in [7, 11) is 3.09. The van der Waals surface area contributed by atoms with E-state index in [4.69, 9.17) is 0 Å². The predicted molar refractivity (Wildman–Crippen MR) is 94.0 cm³/mol. The highest BCUT2D eigenvalue weighted by Gasteiger charge is 2.18. The van der Waals surface area contributed by atoms with Crippen molar-refractivity contribution in [3.63, 3.8) is 0 Å². The van der Waals surface area contributed by atoms with Crippen molar-refractivity contribution in [2.45, 2.75) is 13.8 Å². The number of urea groups is 1. The molecule has 0 aliphatic rings. The molecule has 0 aliphatic heterocycles. The summed E-state index contributed by atoms with van der Waals surface area (Å²) < 4.78 is 40.7. The van der Waals surface area contributed by atoms with Crippen LogP contribution in [0.5, 0.6) is 0 Å². The molecule has 146 valence electrons. The zero-order valence-corrected chi connectivity index (χ0v) is 15.3. The largest absolute Gasteiger partial charge is 0.327 e. The van der Waals surface area contributed by atoms with Gasteiger partial charge in [0.15, 0.2) is 23.3 Å². The van der Waals surface area contributed by atoms with Gasteiger partial charge < -0.3 is 10.2 Å². The fourth-order valence-corrected chi connectivity index (χ4v) is 2.40. The zero-order chi connectivity index (χ0) is 20.3. The lowest BCUT2D eigenvalue weighted by molar-refractivity contribution is 0.101. The Bertz CT molecular complexity index is 843. The van der Waals surface area contributed by atoms with Crippen molar-refractivity contribution in [1.29, 1.82) is 0 Å². The molecule has 0 radical (unpaired) electrons. The summed E-state index contributed by atoms with van der Waals surface area (Å²) in [6.07, 6.45) is 0. The standard InChI is InChI=1S/C17H20F3N5O2/c1-9(2)8-24(3)17(27)22-14-7-13(25(4)23-14)16(26)21-10-5-11(18)15(20)12(19)6-10/h5-7,9H,8H2,1-4H3,(H,21,26)(H,22,23,27). The Hall–Kier alpha value is -3.04. The number of halogens is 3. The molecule has 7 nitrogen and oxygen atoms in total. The fraction of sp³-hybridized carbons (Fsp3) is 0.353. The molecule has 2 rings (SSSR count). The van der Waals surface area contributed by atoms with Gasteiger partial charge in [-0.15, -0.1) is 0 Å². The lowest BCUT2D eigenvalue weighted by atomic mass is 10.2. The highest BCUT2D eigenvalue weighted by Crippen LogP contribution is 2.19. The van der Waals surface area contributed by atoms with E-state index in [9.17, 15) is 22.8 Å². The van der Waals surface area contributed by atoms with E-state index in [0.717, 1.165) is 0 Å². The first-order chi connectivity index (χ1) is 12.6. The number of hydrogen-bond donors (Lipinski definition) is 2. The topological polar surface area (TPSA) is 79.3 Å². The summed E-state index contributed by atoms with van der Waals surface area (Å²) in [5.41, 5.74) is -0.221. The Morgan fingerprint density at radius 1 is 1.15 bits per heavy atom. The molecule has 1 heterocycles. The first-order valence-corrected chi connectivity index (χ1v) is 8.10. The number of rotatable bonds is 5. The minimum absolute atomic E-state index is 0.0296. The van der Waals surface area contributed by atoms with E-state index in [2.05, 4.69) is 15.7 Å². The number of nitrogens with one attached hydrogen (secondary N) is 2. The van der Waals surface area contributed by atoms with Crippen molar-refractivity contribution in [1.82, 2.24) is 14.7 Å². The van der Waals surface area contributed by atoms with Gasteiger partial charge in [0.25, 0.3) is 5.91 Å². The van der Waals surface area contributed by atoms with Crippen molar-refractivity contribution >= 4 is 23.4 Å². The lowest BCUT2D eigenvalue weighted by Gasteiger charge is -2.18. The average Bonchev–Trinajstić information content (AvgIpc) is 2.92. The highest BCUT2D eigenvalue weighted by molar-refractivity contribution is 6.04. The van der Waals surface area contributed by atoms with Gasteiger partial charge in [0.2, 0.25) is 0 Å². The minimum atomic E-state index is -1.62. The molecule has 0 fully saturated rings. The van der Waals surface area contributed by atoms with Crippen LogP contribution in [0.15, 0.2) is 18.2 Å². The van der Waals surface area contributed by atoms with E-state index < -0.39 is 29.4 Å². The summed E-state index contributed by atoms with van der Waals surface area (Å²) in [5, 5.41) is 8.83. The Balaban J connectivity index is 2.11. The van der Waals surface area contributed by atoms with Crippen LogP contribution in [0.1, 0.15) is 24.3 Å². The van der Waals surface area contributed by atoms with Gasteiger partial charge in [0.05, 0.1) is 0 Å². The van der Waals surface area contributed by atoms with Crippen LogP contribution in [-0.2, 0) is 7.05 Å². The molecule has 2 N–H and O–H groups in total. The number of benzene rings is 1. The van der Waals surface area contributed by atoms with Gasteiger partial charge in [-0.1, -0.05) is 13.8 Å². The molecule has 0 saturated carbocycles. The van der Waals surface area contributed by atoms with E-state index >= 15 is 0 Å². The molecule has 1 aromatic carbocycles. The number of hydrogen-bond acceptors (Lipinski definition) is 3. The summed E-state index contributed by atoms with van der Waals surface area (Å²) in [6, 6.07) is 2.25. The van der Waals surface area contributed by atoms with Gasteiger partial charge in [-0.2, -0.15) is 5.10 Å². The monoisotopic (exact) mass is 383 g/mol. The third kappa shape index (κ3) is 4.99. The third-order valence-electron chi connectivity index (χ3n) is 3.57. The molecule has 2 aromatic rings. The van der Waals surface area contributed by atoms with Crippen molar-refractivity contribution in [2.24, 2.45) is 13.0 Å². The second kappa shape index (κ2) is 8.11. The van der Waals surface area contributed by atoms with Crippen LogP contribution in [0.25, 0.3) is 0 Å². The quantitative estimate of drug-likeness (QED) is 0.778. The molecule has 0 unspecified atom stereocenters. The van der Waals surface area contributed by atoms with Crippen molar-refractivity contribution < 1.29 is 22.8 Å². The van der Waals surface area contributed by atoms with Crippen molar-refractivity contribution in [2.75, 3.05) is 24.2 Å². The summed E-state index contributed by atoms with van der Waals surface area (Å²) in [4.78, 5) is 25.8. The maximum atomic E-state index is 13.2. The summed E-state index contributed by atoms with van der Waals surface area (Å²) in [6.45, 7) is 4.47. The zero-order valence-electron chi connectivity index (χ0n) is 15.3. The molecular formula is C17H20F3N5O2. The van der Waals surface area contributed by atoms with Gasteiger partial charge in [-0.05, 0) is 5.92 Å². The molecule has 3 amide bonds. The normalized spacial score (nSPS) is 10.8. The van der Waals surface area contributed by atoms with Crippen LogP contribution in [0.3, 0.4) is 0 Å². The maximum absolute atomic E-state index is 13.2. The Labute approximate surface area is 154 Å². The number of anilines is 2. The molecular weight excluding hydrogens is 363 g/mol. The molecule has 0 atom stereocenters. The fourth-order valence-electron chi connectivity index (χ4n) is 2.40. The number of carbonyl (C=O) groups excluding carboxylic acids is 2. The number of amides is 3. The number of nitrogens with zero attached hydrogens (tertiary/aromatic N) is 3. The van der Waals surface area contributed by atoms with Crippen LogP contribution in [0.4, 0.5) is 29.5 Å². The first kappa shape index (κ1) is 20.3. The summed E-state index contributed by atoms with van der Waals surface area (Å²) in [5.74, 6) is -4.77. The van der Waals surface area contributed by atoms with E-state index in [0.29, 0.717) is 18.7 Å². The van der Waals surface area contributed by atoms with E-state index in [-0.39, 0.29) is 23.1 Å². The predicted octanol–water partition coefficient (Wildman–Crippen LogP) is 3.21. The maximum Gasteiger partial charge on any atom is 0.322 e. The molecule has 10 heteroatoms. The van der Waals surface area contributed by atoms with Gasteiger partial charge in [-0.25, -0.2) is 18.0 Å². The number of aryl methyl sites for hydroxylation is 1. The molecule has 0 aliphatic carbocycles. The van der Waals surface area contributed by atoms with Crippen LogP contribution in [0.2, 0.25) is 0 Å². The minimum Gasteiger partial charge on any atom is -0.327 e. The van der Waals surface area contributed by atoms with Gasteiger partial charge in [0, 0.05) is 44.5 Å². The first-order valence-electron chi connectivity index (χ1n) is 8.10. The average molecular weight is 383 g/mol. The van der Waals surface area contributed by atoms with Crippen LogP contribution in [0, 0.1) is 23.4 Å². The van der Waals surface area contributed by atoms with Crippen LogP contribution < -0.4 is 10.6 Å². The van der Waals surface area contributed by atoms with E-state index in [1.807, 2.05) is 13.8 Å². The third-order valence-corrected chi connectivity index (χ3v) is 3.57. The second-order valence-electron chi connectivity index (χ2n) is 6.45. The van der Waals surface area contributed by atoms with Crippen molar-refractivity contribution in [3.05, 3.63) is 41.3 Å². The molecule has 0 saturated heterocycles. The van der Waals surface area contributed by atoms with Gasteiger partial charge >= 0.3 is 6.03 Å². The Kier molecular flexibility index (Phi) is 6.09. The molecule has 0 bridgehead atoms. The SMILES string of the molecule is CC(C)CN(C)C(=O)Nc1cc(C(=O)Nc2cc(F)c(F)c(F)c2)n(C)n1. The Morgan fingerprint density at radius 3 is 2.30 bits per heavy atom. The van der Waals surface area contributed by atoms with Crippen molar-refractivity contribution in [3.8, 4) is 0 Å². The van der Waals surface area contributed by atoms with Gasteiger partial charge in [-0.3, -0.25) is 14.8 Å². The highest BCUT2D eigenvalue weighted by atomic mass is 19.2. The van der Waals surface area contributed by atoms with E-state index in [1.54, 1.807) is 7.05 Å². The number of aromatic nitrogens is 2. The lowest BCUT2D eigenvalue weighted by Crippen LogP contribution is -2.34. The molecule has 1 aromatic heterocycles. The smallest absolute Gasteiger partial charge is 0.322 e. The molecule has 0 spiro atoms. The molecule has 27 heavy (non-hydrogen) atoms. The van der Waals surface area contributed by atoms with Crippen LogP contribution in [-0.4, -0.2) is 40.2 Å². The second-order valence-corrected chi connectivity index (χ2v) is 6.45. The number of carbonyl (C=O) groups is 2. The van der Waals surface area contributed by atoms with E-state index in [1.165, 1.54) is 22.7 Å². The van der Waals surface area contributed by atoms with Crippen LogP contribution >= 0.6 is 0 Å². The Morgan fingerprint density at radius 2 is 1.74 bits per heavy atom. The summed E-state index contributed by atoms with van der Waals surface area (Å²) >= 11 is 0. The van der Waals surface area contributed by atoms with Gasteiger partial charge in [0.1, 0.15) is 5.69 Å².